The van der Waals surface area contributed by atoms with E-state index in [0.717, 1.165) is 23.2 Å². The summed E-state index contributed by atoms with van der Waals surface area (Å²) in [7, 11) is 0. The van der Waals surface area contributed by atoms with Crippen molar-refractivity contribution in [2.24, 2.45) is 0 Å². The number of halogens is 2. The van der Waals surface area contributed by atoms with E-state index >= 15 is 0 Å². The minimum absolute atomic E-state index is 0.144. The topological polar surface area (TPSA) is 33.9 Å². The number of H-pyrrole nitrogens is 1. The summed E-state index contributed by atoms with van der Waals surface area (Å²) in [5.74, 6) is -0.275. The SMILES string of the molecule is Cc1cc(C(C)n2c(=S)[nH]c3ccc(F)c(F)c32)c(C)o1. The van der Waals surface area contributed by atoms with Gasteiger partial charge in [0.05, 0.1) is 11.6 Å². The van der Waals surface area contributed by atoms with E-state index in [0.29, 0.717) is 10.3 Å². The van der Waals surface area contributed by atoms with Crippen molar-refractivity contribution in [3.05, 3.63) is 51.7 Å². The fourth-order valence-corrected chi connectivity index (χ4v) is 3.09. The number of nitrogens with zero attached hydrogens (tertiary/aromatic N) is 1. The first-order valence-electron chi connectivity index (χ1n) is 6.55. The lowest BCUT2D eigenvalue weighted by molar-refractivity contribution is 0.491. The molecule has 0 aliphatic heterocycles. The van der Waals surface area contributed by atoms with Crippen LogP contribution in [0.3, 0.4) is 0 Å². The second kappa shape index (κ2) is 4.80. The second-order valence-corrected chi connectivity index (χ2v) is 5.49. The van der Waals surface area contributed by atoms with Crippen LogP contribution in [0, 0.1) is 30.3 Å². The van der Waals surface area contributed by atoms with Crippen molar-refractivity contribution in [3.63, 3.8) is 0 Å². The van der Waals surface area contributed by atoms with Crippen molar-refractivity contribution >= 4 is 23.3 Å². The molecule has 0 aliphatic carbocycles. The summed E-state index contributed by atoms with van der Waals surface area (Å²) >= 11 is 5.27. The van der Waals surface area contributed by atoms with Gasteiger partial charge in [0, 0.05) is 5.56 Å². The number of aromatic amines is 1. The molecular weight excluding hydrogens is 294 g/mol. The molecule has 0 amide bonds. The number of furan rings is 1. The van der Waals surface area contributed by atoms with Gasteiger partial charge >= 0.3 is 0 Å². The molecule has 3 rings (SSSR count). The minimum Gasteiger partial charge on any atom is -0.466 e. The van der Waals surface area contributed by atoms with Crippen molar-refractivity contribution in [2.75, 3.05) is 0 Å². The summed E-state index contributed by atoms with van der Waals surface area (Å²) in [6.45, 7) is 5.57. The van der Waals surface area contributed by atoms with E-state index in [-0.39, 0.29) is 11.6 Å². The van der Waals surface area contributed by atoms with Gasteiger partial charge in [0.1, 0.15) is 17.0 Å². The maximum Gasteiger partial charge on any atom is 0.184 e. The smallest absolute Gasteiger partial charge is 0.184 e. The Balaban J connectivity index is 2.29. The molecule has 0 radical (unpaired) electrons. The molecule has 110 valence electrons. The van der Waals surface area contributed by atoms with Crippen LogP contribution in [0.1, 0.15) is 30.0 Å². The minimum atomic E-state index is -0.899. The van der Waals surface area contributed by atoms with E-state index in [4.69, 9.17) is 16.6 Å². The zero-order chi connectivity index (χ0) is 15.3. The number of hydrogen-bond donors (Lipinski definition) is 1. The number of aryl methyl sites for hydroxylation is 2. The van der Waals surface area contributed by atoms with E-state index in [1.54, 1.807) is 4.57 Å². The summed E-state index contributed by atoms with van der Waals surface area (Å²) in [4.78, 5) is 2.91. The predicted octanol–water partition coefficient (Wildman–Crippen LogP) is 4.80. The molecule has 0 fully saturated rings. The van der Waals surface area contributed by atoms with Gasteiger partial charge in [-0.25, -0.2) is 8.78 Å². The fourth-order valence-electron chi connectivity index (χ4n) is 2.73. The van der Waals surface area contributed by atoms with Gasteiger partial charge < -0.3 is 14.0 Å². The van der Waals surface area contributed by atoms with E-state index in [2.05, 4.69) is 4.98 Å². The molecule has 0 saturated carbocycles. The Morgan fingerprint density at radius 1 is 1.29 bits per heavy atom. The van der Waals surface area contributed by atoms with Crippen LogP contribution in [0.25, 0.3) is 11.0 Å². The van der Waals surface area contributed by atoms with Gasteiger partial charge in [-0.1, -0.05) is 0 Å². The van der Waals surface area contributed by atoms with Gasteiger partial charge in [0.2, 0.25) is 0 Å². The highest BCUT2D eigenvalue weighted by Gasteiger charge is 2.21. The first kappa shape index (κ1) is 14.0. The van der Waals surface area contributed by atoms with Crippen LogP contribution in [-0.2, 0) is 0 Å². The van der Waals surface area contributed by atoms with E-state index in [9.17, 15) is 8.78 Å². The summed E-state index contributed by atoms with van der Waals surface area (Å²) < 4.78 is 35.1. The Morgan fingerprint density at radius 3 is 2.62 bits per heavy atom. The summed E-state index contributed by atoms with van der Waals surface area (Å²) in [6, 6.07) is 4.20. The lowest BCUT2D eigenvalue weighted by Crippen LogP contribution is -2.08. The van der Waals surface area contributed by atoms with Crippen LogP contribution in [0.15, 0.2) is 22.6 Å². The standard InChI is InChI=1S/C15H14F2N2OS/c1-7-6-10(9(3)20-7)8(2)19-14-12(18-15(19)21)5-4-11(16)13(14)17/h4-6,8H,1-3H3,(H,18,21). The number of nitrogens with one attached hydrogen (secondary N) is 1. The lowest BCUT2D eigenvalue weighted by Gasteiger charge is -2.14. The van der Waals surface area contributed by atoms with Crippen molar-refractivity contribution in [1.82, 2.24) is 9.55 Å². The average Bonchev–Trinajstić information content (AvgIpc) is 2.93. The number of hydrogen-bond acceptors (Lipinski definition) is 2. The molecule has 2 heterocycles. The van der Waals surface area contributed by atoms with E-state index < -0.39 is 11.6 Å². The zero-order valence-electron chi connectivity index (χ0n) is 11.8. The Morgan fingerprint density at radius 2 is 2.00 bits per heavy atom. The molecule has 6 heteroatoms. The quantitative estimate of drug-likeness (QED) is 0.690. The number of imidazole rings is 1. The van der Waals surface area contributed by atoms with Crippen LogP contribution in [0.2, 0.25) is 0 Å². The molecule has 0 saturated heterocycles. The van der Waals surface area contributed by atoms with Gasteiger partial charge in [-0.2, -0.15) is 0 Å². The largest absolute Gasteiger partial charge is 0.466 e. The maximum absolute atomic E-state index is 14.2. The predicted molar refractivity (Wildman–Crippen MR) is 79.0 cm³/mol. The average molecular weight is 308 g/mol. The van der Waals surface area contributed by atoms with Gasteiger partial charge in [0.15, 0.2) is 16.4 Å². The molecule has 1 aromatic carbocycles. The third-order valence-electron chi connectivity index (χ3n) is 3.69. The van der Waals surface area contributed by atoms with E-state index in [1.807, 2.05) is 26.8 Å². The van der Waals surface area contributed by atoms with Crippen molar-refractivity contribution in [1.29, 1.82) is 0 Å². The molecule has 2 aromatic heterocycles. The molecular formula is C15H14F2N2OS. The van der Waals surface area contributed by atoms with Crippen LogP contribution >= 0.6 is 12.2 Å². The Kier molecular flexibility index (Phi) is 3.20. The monoisotopic (exact) mass is 308 g/mol. The number of benzene rings is 1. The summed E-state index contributed by atoms with van der Waals surface area (Å²) in [6.07, 6.45) is 0. The second-order valence-electron chi connectivity index (χ2n) is 5.10. The molecule has 0 bridgehead atoms. The normalized spacial score (nSPS) is 13.0. The Hall–Kier alpha value is -1.95. The number of aromatic nitrogens is 2. The Bertz CT molecular complexity index is 891. The summed E-state index contributed by atoms with van der Waals surface area (Å²) in [5, 5.41) is 0. The van der Waals surface area contributed by atoms with E-state index in [1.165, 1.54) is 6.07 Å². The third-order valence-corrected chi connectivity index (χ3v) is 3.99. The third kappa shape index (κ3) is 2.10. The Labute approximate surface area is 125 Å². The molecule has 1 N–H and O–H groups in total. The first-order valence-corrected chi connectivity index (χ1v) is 6.96. The molecule has 1 unspecified atom stereocenters. The molecule has 1 atom stereocenters. The van der Waals surface area contributed by atoms with Gasteiger partial charge in [-0.3, -0.25) is 0 Å². The number of fused-ring (bicyclic) bond motifs is 1. The number of rotatable bonds is 2. The van der Waals surface area contributed by atoms with Crippen molar-refractivity contribution in [3.8, 4) is 0 Å². The molecule has 0 aliphatic rings. The molecule has 21 heavy (non-hydrogen) atoms. The zero-order valence-corrected chi connectivity index (χ0v) is 12.6. The lowest BCUT2D eigenvalue weighted by atomic mass is 10.1. The van der Waals surface area contributed by atoms with Gasteiger partial charge in [0.25, 0.3) is 0 Å². The van der Waals surface area contributed by atoms with Gasteiger partial charge in [-0.15, -0.1) is 0 Å². The molecule has 3 nitrogen and oxygen atoms in total. The van der Waals surface area contributed by atoms with Crippen LogP contribution in [0.5, 0.6) is 0 Å². The van der Waals surface area contributed by atoms with Crippen molar-refractivity contribution in [2.45, 2.75) is 26.8 Å². The maximum atomic E-state index is 14.2. The molecule has 0 spiro atoms. The van der Waals surface area contributed by atoms with Crippen LogP contribution < -0.4 is 0 Å². The van der Waals surface area contributed by atoms with Gasteiger partial charge in [-0.05, 0) is 51.2 Å². The first-order chi connectivity index (χ1) is 9.90. The highest BCUT2D eigenvalue weighted by molar-refractivity contribution is 7.71. The van der Waals surface area contributed by atoms with Crippen molar-refractivity contribution < 1.29 is 13.2 Å². The molecule has 3 aromatic rings. The van der Waals surface area contributed by atoms with Crippen LogP contribution in [0.4, 0.5) is 8.78 Å². The highest BCUT2D eigenvalue weighted by atomic mass is 32.1. The fraction of sp³-hybridized carbons (Fsp3) is 0.267. The van der Waals surface area contributed by atoms with Crippen LogP contribution in [-0.4, -0.2) is 9.55 Å². The highest BCUT2D eigenvalue weighted by Crippen LogP contribution is 2.30. The summed E-state index contributed by atoms with van der Waals surface area (Å²) in [5.41, 5.74) is 1.52.